The predicted molar refractivity (Wildman–Crippen MR) is 160 cm³/mol. The number of fused-ring (bicyclic) bond motifs is 1. The molecule has 14 heteroatoms. The number of carbonyl (C=O) groups is 1. The number of benzene rings is 3. The molecule has 1 aromatic heterocycles. The van der Waals surface area contributed by atoms with Crippen molar-refractivity contribution in [3.05, 3.63) is 98.6 Å². The Morgan fingerprint density at radius 1 is 0.976 bits per heavy atom. The van der Waals surface area contributed by atoms with Gasteiger partial charge in [0.15, 0.2) is 0 Å². The number of sulfonamides is 1. The second-order valence-electron chi connectivity index (χ2n) is 10.5. The number of rotatable bonds is 8. The highest BCUT2D eigenvalue weighted by atomic mass is 79.9. The fraction of sp³-hybridized carbons (Fsp3) is 0.250. The molecular weight excluding hydrogens is 650 g/mol. The van der Waals surface area contributed by atoms with Gasteiger partial charge in [0.2, 0.25) is 0 Å². The van der Waals surface area contributed by atoms with Gasteiger partial charge in [-0.25, -0.2) is 29.9 Å². The molecule has 0 N–H and O–H groups in total. The minimum atomic E-state index is -4.52. The number of carbonyl (C=O) groups excluding carboxylic acids is 1. The van der Waals surface area contributed by atoms with E-state index in [-0.39, 0.29) is 21.9 Å². The number of nitro groups is 1. The minimum absolute atomic E-state index is 0.0685. The molecule has 0 unspecified atom stereocenters. The number of nitrogens with zero attached hydrogens (tertiary/aromatic N) is 3. The van der Waals surface area contributed by atoms with Crippen LogP contribution in [0.15, 0.2) is 87.2 Å². The van der Waals surface area contributed by atoms with Crippen molar-refractivity contribution in [1.82, 2.24) is 8.28 Å². The van der Waals surface area contributed by atoms with Gasteiger partial charge in [-0.2, -0.15) is 0 Å². The van der Waals surface area contributed by atoms with Crippen molar-refractivity contribution in [1.29, 1.82) is 0 Å². The number of aryl methyl sites for hydroxylation is 1. The summed E-state index contributed by atoms with van der Waals surface area (Å²) in [6, 6.07) is 15.6. The third kappa shape index (κ3) is 6.35. The second kappa shape index (κ2) is 11.5. The number of nitro benzene ring substituents is 1. The number of non-ortho nitro benzene ring substituents is 1. The molecule has 3 aromatic carbocycles. The average Bonchev–Trinajstić information content (AvgIpc) is 3.28. The zero-order chi connectivity index (χ0) is 31.0. The Kier molecular flexibility index (Phi) is 8.54. The van der Waals surface area contributed by atoms with Crippen molar-refractivity contribution in [3.63, 3.8) is 0 Å². The number of aromatic nitrogens is 1. The molecule has 1 heterocycles. The van der Waals surface area contributed by atoms with Crippen LogP contribution in [0, 0.1) is 17.0 Å². The first-order chi connectivity index (χ1) is 19.5. The van der Waals surface area contributed by atoms with Crippen molar-refractivity contribution in [2.75, 3.05) is 6.54 Å². The summed E-state index contributed by atoms with van der Waals surface area (Å²) in [6.07, 6.45) is 0.202. The van der Waals surface area contributed by atoms with E-state index >= 15 is 0 Å². The Hall–Kier alpha value is -3.75. The van der Waals surface area contributed by atoms with E-state index in [9.17, 15) is 31.7 Å². The Labute approximate surface area is 252 Å². The molecule has 4 rings (SSSR count). The van der Waals surface area contributed by atoms with Crippen LogP contribution >= 0.6 is 15.9 Å². The van der Waals surface area contributed by atoms with E-state index in [1.807, 2.05) is 6.92 Å². The highest BCUT2D eigenvalue weighted by molar-refractivity contribution is 9.10. The lowest BCUT2D eigenvalue weighted by molar-refractivity contribution is -0.384. The van der Waals surface area contributed by atoms with E-state index < -0.39 is 43.2 Å². The lowest BCUT2D eigenvalue weighted by Gasteiger charge is -2.27. The number of ether oxygens (including phenoxy) is 1. The molecule has 0 aliphatic heterocycles. The van der Waals surface area contributed by atoms with Gasteiger partial charge >= 0.3 is 6.09 Å². The molecule has 0 saturated carbocycles. The zero-order valence-corrected chi connectivity index (χ0v) is 26.4. The SMILES string of the molecule is Cc1ccc(S(=O)(=O)n2cc(CCN(C(=O)OC(C)(C)C)S(=O)(=O)c3ccc([N+](=O)[O-])cc3)c3c(Br)cccc32)cc1. The van der Waals surface area contributed by atoms with Gasteiger partial charge in [0.1, 0.15) is 5.60 Å². The molecule has 0 bridgehead atoms. The molecular formula is C28H28BrN3O8S2. The molecule has 0 atom stereocenters. The van der Waals surface area contributed by atoms with Crippen LogP contribution in [0.5, 0.6) is 0 Å². The predicted octanol–water partition coefficient (Wildman–Crippen LogP) is 6.03. The fourth-order valence-electron chi connectivity index (χ4n) is 4.21. The standard InChI is InChI=1S/C28H28BrN3O8S2/c1-19-8-12-22(13-9-19)42(38,39)31-18-20(26-24(29)6-5-7-25(26)31)16-17-30(27(33)40-28(2,3)4)41(36,37)23-14-10-21(11-15-23)32(34)35/h5-15,18H,16-17H2,1-4H3. The minimum Gasteiger partial charge on any atom is -0.443 e. The van der Waals surface area contributed by atoms with Gasteiger partial charge in [0.05, 0.1) is 20.2 Å². The summed E-state index contributed by atoms with van der Waals surface area (Å²) in [5.41, 5.74) is 0.376. The molecule has 1 amide bonds. The summed E-state index contributed by atoms with van der Waals surface area (Å²) >= 11 is 3.48. The van der Waals surface area contributed by atoms with Crippen molar-refractivity contribution in [3.8, 4) is 0 Å². The maximum absolute atomic E-state index is 13.6. The Bertz CT molecular complexity index is 1880. The molecule has 0 fully saturated rings. The summed E-state index contributed by atoms with van der Waals surface area (Å²) in [7, 11) is -8.54. The van der Waals surface area contributed by atoms with Crippen LogP contribution in [0.25, 0.3) is 10.9 Å². The van der Waals surface area contributed by atoms with Crippen molar-refractivity contribution < 1.29 is 31.3 Å². The lowest BCUT2D eigenvalue weighted by Crippen LogP contribution is -2.41. The van der Waals surface area contributed by atoms with Crippen LogP contribution < -0.4 is 0 Å². The second-order valence-corrected chi connectivity index (χ2v) is 15.0. The Morgan fingerprint density at radius 2 is 1.57 bits per heavy atom. The first-order valence-corrected chi connectivity index (χ1v) is 16.3. The molecule has 0 aliphatic carbocycles. The average molecular weight is 679 g/mol. The maximum Gasteiger partial charge on any atom is 0.424 e. The molecule has 0 saturated heterocycles. The van der Waals surface area contributed by atoms with Crippen molar-refractivity contribution >= 4 is 58.7 Å². The highest BCUT2D eigenvalue weighted by Crippen LogP contribution is 2.33. The van der Waals surface area contributed by atoms with E-state index in [1.165, 1.54) is 18.3 Å². The third-order valence-electron chi connectivity index (χ3n) is 6.22. The normalized spacial score (nSPS) is 12.3. The quantitative estimate of drug-likeness (QED) is 0.162. The first kappa shape index (κ1) is 31.2. The number of halogens is 1. The van der Waals surface area contributed by atoms with Gasteiger partial charge in [-0.1, -0.05) is 39.7 Å². The molecule has 42 heavy (non-hydrogen) atoms. The first-order valence-electron chi connectivity index (χ1n) is 12.6. The smallest absolute Gasteiger partial charge is 0.424 e. The molecule has 11 nitrogen and oxygen atoms in total. The Balaban J connectivity index is 1.77. The maximum atomic E-state index is 13.6. The molecule has 0 aliphatic rings. The van der Waals surface area contributed by atoms with E-state index in [4.69, 9.17) is 4.74 Å². The van der Waals surface area contributed by atoms with Crippen LogP contribution in [0.2, 0.25) is 0 Å². The molecule has 4 aromatic rings. The highest BCUT2D eigenvalue weighted by Gasteiger charge is 2.34. The molecule has 0 spiro atoms. The van der Waals surface area contributed by atoms with Crippen LogP contribution in [0.4, 0.5) is 10.5 Å². The lowest BCUT2D eigenvalue weighted by atomic mass is 10.1. The summed E-state index contributed by atoms with van der Waals surface area (Å²) in [6.45, 7) is 6.20. The van der Waals surface area contributed by atoms with Crippen LogP contribution in [-0.2, 0) is 31.2 Å². The van der Waals surface area contributed by atoms with Crippen LogP contribution in [0.3, 0.4) is 0 Å². The van der Waals surface area contributed by atoms with Gasteiger partial charge in [0, 0.05) is 34.7 Å². The van der Waals surface area contributed by atoms with Gasteiger partial charge in [-0.3, -0.25) is 10.1 Å². The number of amides is 1. The van der Waals surface area contributed by atoms with Gasteiger partial charge < -0.3 is 4.74 Å². The monoisotopic (exact) mass is 677 g/mol. The van der Waals surface area contributed by atoms with Gasteiger partial charge in [-0.15, -0.1) is 0 Å². The molecule has 222 valence electrons. The Morgan fingerprint density at radius 3 is 2.14 bits per heavy atom. The van der Waals surface area contributed by atoms with Gasteiger partial charge in [-0.05, 0) is 76.1 Å². The summed E-state index contributed by atoms with van der Waals surface area (Å²) in [4.78, 5) is 23.3. The van der Waals surface area contributed by atoms with E-state index in [0.717, 1.165) is 33.8 Å². The topological polar surface area (TPSA) is 146 Å². The summed E-state index contributed by atoms with van der Waals surface area (Å²) in [5.74, 6) is 0. The van der Waals surface area contributed by atoms with Gasteiger partial charge in [0.25, 0.3) is 25.7 Å². The van der Waals surface area contributed by atoms with Crippen molar-refractivity contribution in [2.24, 2.45) is 0 Å². The van der Waals surface area contributed by atoms with Crippen molar-refractivity contribution in [2.45, 2.75) is 49.5 Å². The summed E-state index contributed by atoms with van der Waals surface area (Å²) in [5, 5.41) is 11.6. The number of hydrogen-bond donors (Lipinski definition) is 0. The summed E-state index contributed by atoms with van der Waals surface area (Å²) < 4.78 is 62.1. The van der Waals surface area contributed by atoms with Crippen LogP contribution in [0.1, 0.15) is 31.9 Å². The van der Waals surface area contributed by atoms with Crippen LogP contribution in [-0.4, -0.2) is 48.3 Å². The van der Waals surface area contributed by atoms with E-state index in [2.05, 4.69) is 15.9 Å². The largest absolute Gasteiger partial charge is 0.443 e. The zero-order valence-electron chi connectivity index (χ0n) is 23.1. The number of hydrogen-bond acceptors (Lipinski definition) is 8. The van der Waals surface area contributed by atoms with E-state index in [0.29, 0.717) is 25.2 Å². The fourth-order valence-corrected chi connectivity index (χ4v) is 7.51. The molecule has 0 radical (unpaired) electrons. The third-order valence-corrected chi connectivity index (χ3v) is 10.3. The van der Waals surface area contributed by atoms with E-state index in [1.54, 1.807) is 51.1 Å².